The Morgan fingerprint density at radius 2 is 1.70 bits per heavy atom. The first-order valence-corrected chi connectivity index (χ1v) is 12.8. The standard InChI is InChI=1S/C20H20N4O2.C10H16N4/c21-20(22)24-11-9-16(10-12-24)15-5-7-18(8-6-15)23-19(26)17-3-1-14(13-25)2-4-17;1-7-5-9(13-2)4-3-8(7)6-14-10(11)12/h1-9,13H,10-12H2,(H3,21,22)(H,23,26);3-5,13H,6H2,1-2H3,(H4,11,12,14). The predicted octanol–water partition coefficient (Wildman–Crippen LogP) is 3.54. The number of carbonyl (C=O) groups excluding carboxylic acids is 2. The predicted molar refractivity (Wildman–Crippen MR) is 163 cm³/mol. The fourth-order valence-electron chi connectivity index (χ4n) is 4.04. The molecule has 0 unspecified atom stereocenters. The van der Waals surface area contributed by atoms with E-state index in [2.05, 4.69) is 27.8 Å². The lowest BCUT2D eigenvalue weighted by molar-refractivity contribution is 0.102. The minimum absolute atomic E-state index is 0.0968. The number of aryl methyl sites for hydroxylation is 1. The molecule has 3 aromatic carbocycles. The Morgan fingerprint density at radius 3 is 2.23 bits per heavy atom. The van der Waals surface area contributed by atoms with Crippen molar-refractivity contribution in [2.45, 2.75) is 19.9 Å². The smallest absolute Gasteiger partial charge is 0.255 e. The van der Waals surface area contributed by atoms with Crippen LogP contribution in [0.15, 0.2) is 77.8 Å². The Morgan fingerprint density at radius 1 is 1.02 bits per heavy atom. The number of nitrogens with two attached hydrogens (primary N) is 3. The summed E-state index contributed by atoms with van der Waals surface area (Å²) >= 11 is 0. The number of benzene rings is 3. The van der Waals surface area contributed by atoms with E-state index < -0.39 is 0 Å². The highest BCUT2D eigenvalue weighted by molar-refractivity contribution is 6.04. The first kappa shape index (κ1) is 29.4. The summed E-state index contributed by atoms with van der Waals surface area (Å²) in [7, 11) is 1.89. The maximum Gasteiger partial charge on any atom is 0.255 e. The summed E-state index contributed by atoms with van der Waals surface area (Å²) in [6.07, 6.45) is 3.65. The van der Waals surface area contributed by atoms with Crippen LogP contribution in [-0.4, -0.2) is 49.1 Å². The Balaban J connectivity index is 0.000000267. The lowest BCUT2D eigenvalue weighted by atomic mass is 9.99. The second kappa shape index (κ2) is 14.1. The van der Waals surface area contributed by atoms with Crippen molar-refractivity contribution in [1.82, 2.24) is 4.90 Å². The van der Waals surface area contributed by atoms with Crippen molar-refractivity contribution < 1.29 is 9.59 Å². The molecule has 0 atom stereocenters. The number of nitrogens with one attached hydrogen (secondary N) is 3. The van der Waals surface area contributed by atoms with Crippen LogP contribution in [0.2, 0.25) is 0 Å². The van der Waals surface area contributed by atoms with Gasteiger partial charge < -0.3 is 32.7 Å². The van der Waals surface area contributed by atoms with Gasteiger partial charge in [-0.3, -0.25) is 15.0 Å². The molecule has 10 heteroatoms. The lowest BCUT2D eigenvalue weighted by Gasteiger charge is -2.26. The summed E-state index contributed by atoms with van der Waals surface area (Å²) in [6.45, 7) is 3.95. The molecule has 0 saturated heterocycles. The van der Waals surface area contributed by atoms with E-state index >= 15 is 0 Å². The van der Waals surface area contributed by atoms with E-state index in [0.717, 1.165) is 36.1 Å². The van der Waals surface area contributed by atoms with Gasteiger partial charge in [0.15, 0.2) is 11.9 Å². The Hall–Kier alpha value is -5.12. The molecule has 0 fully saturated rings. The lowest BCUT2D eigenvalue weighted by Crippen LogP contribution is -2.39. The molecule has 0 saturated carbocycles. The first-order valence-electron chi connectivity index (χ1n) is 12.8. The molecule has 1 amide bonds. The third kappa shape index (κ3) is 8.45. The van der Waals surface area contributed by atoms with Gasteiger partial charge in [-0.05, 0) is 72.0 Å². The monoisotopic (exact) mass is 540 g/mol. The van der Waals surface area contributed by atoms with E-state index in [1.807, 2.05) is 55.3 Å². The van der Waals surface area contributed by atoms with Crippen molar-refractivity contribution in [3.63, 3.8) is 0 Å². The van der Waals surface area contributed by atoms with Gasteiger partial charge in [-0.1, -0.05) is 36.4 Å². The van der Waals surface area contributed by atoms with Crippen molar-refractivity contribution >= 4 is 41.1 Å². The van der Waals surface area contributed by atoms with Crippen LogP contribution < -0.4 is 27.8 Å². The summed E-state index contributed by atoms with van der Waals surface area (Å²) in [5.74, 6) is 0.00538. The topological polar surface area (TPSA) is 176 Å². The number of anilines is 2. The minimum atomic E-state index is -0.218. The highest BCUT2D eigenvalue weighted by atomic mass is 16.1. The first-order chi connectivity index (χ1) is 19.2. The number of hydrogen-bond donors (Lipinski definition) is 6. The van der Waals surface area contributed by atoms with Crippen molar-refractivity contribution in [2.24, 2.45) is 22.2 Å². The molecular weight excluding hydrogens is 504 g/mol. The SMILES string of the molecule is CNc1ccc(CN=C(N)N)c(C)c1.N=C(N)N1CC=C(c2ccc(NC(=O)c3ccc(C=O)cc3)cc2)CC1. The number of hydrogen-bond acceptors (Lipinski definition) is 5. The summed E-state index contributed by atoms with van der Waals surface area (Å²) in [4.78, 5) is 28.7. The van der Waals surface area contributed by atoms with Crippen LogP contribution in [0.4, 0.5) is 11.4 Å². The molecule has 0 aromatic heterocycles. The van der Waals surface area contributed by atoms with Crippen LogP contribution in [0.1, 0.15) is 43.8 Å². The second-order valence-electron chi connectivity index (χ2n) is 9.21. The van der Waals surface area contributed by atoms with Crippen LogP contribution in [0.25, 0.3) is 5.57 Å². The van der Waals surface area contributed by atoms with Crippen LogP contribution in [0.3, 0.4) is 0 Å². The number of guanidine groups is 2. The van der Waals surface area contributed by atoms with E-state index in [1.54, 1.807) is 24.3 Å². The minimum Gasteiger partial charge on any atom is -0.388 e. The number of carbonyl (C=O) groups is 2. The van der Waals surface area contributed by atoms with Crippen molar-refractivity contribution in [3.05, 3.63) is 101 Å². The summed E-state index contributed by atoms with van der Waals surface area (Å²) in [5.41, 5.74) is 23.5. The van der Waals surface area contributed by atoms with Gasteiger partial charge in [-0.2, -0.15) is 0 Å². The van der Waals surface area contributed by atoms with Crippen molar-refractivity contribution in [3.8, 4) is 0 Å². The van der Waals surface area contributed by atoms with Crippen LogP contribution >= 0.6 is 0 Å². The number of rotatable bonds is 7. The second-order valence-corrected chi connectivity index (χ2v) is 9.21. The molecule has 40 heavy (non-hydrogen) atoms. The average Bonchev–Trinajstić information content (AvgIpc) is 2.97. The maximum atomic E-state index is 12.3. The maximum absolute atomic E-state index is 12.3. The van der Waals surface area contributed by atoms with Gasteiger partial charge in [0, 0.05) is 42.6 Å². The summed E-state index contributed by atoms with van der Waals surface area (Å²) in [5, 5.41) is 13.4. The highest BCUT2D eigenvalue weighted by Gasteiger charge is 2.14. The van der Waals surface area contributed by atoms with Gasteiger partial charge in [0.25, 0.3) is 5.91 Å². The van der Waals surface area contributed by atoms with Gasteiger partial charge in [0.05, 0.1) is 6.54 Å². The molecule has 0 bridgehead atoms. The Labute approximate surface area is 234 Å². The van der Waals surface area contributed by atoms with Gasteiger partial charge in [0.2, 0.25) is 0 Å². The van der Waals surface area contributed by atoms with E-state index in [0.29, 0.717) is 29.9 Å². The fourth-order valence-corrected chi connectivity index (χ4v) is 4.04. The number of aliphatic imine (C=N–C) groups is 1. The molecule has 0 radical (unpaired) electrons. The van der Waals surface area contributed by atoms with E-state index in [-0.39, 0.29) is 17.8 Å². The average molecular weight is 541 g/mol. The van der Waals surface area contributed by atoms with Crippen molar-refractivity contribution in [1.29, 1.82) is 5.41 Å². The van der Waals surface area contributed by atoms with Gasteiger partial charge in [0.1, 0.15) is 6.29 Å². The number of aldehydes is 1. The summed E-state index contributed by atoms with van der Waals surface area (Å²) < 4.78 is 0. The number of nitrogens with zero attached hydrogens (tertiary/aromatic N) is 2. The third-order valence-electron chi connectivity index (χ3n) is 6.44. The molecule has 0 spiro atoms. The Kier molecular flexibility index (Phi) is 10.4. The van der Waals surface area contributed by atoms with Crippen molar-refractivity contribution in [2.75, 3.05) is 30.8 Å². The Bertz CT molecular complexity index is 1390. The number of amides is 1. The van der Waals surface area contributed by atoms with Crippen LogP contribution in [0, 0.1) is 12.3 Å². The van der Waals surface area contributed by atoms with Crippen LogP contribution in [-0.2, 0) is 6.54 Å². The zero-order valence-electron chi connectivity index (χ0n) is 22.8. The molecule has 1 heterocycles. The van der Waals surface area contributed by atoms with Crippen LogP contribution in [0.5, 0.6) is 0 Å². The molecule has 10 nitrogen and oxygen atoms in total. The molecule has 3 aromatic rings. The molecular formula is C30H36N8O2. The van der Waals surface area contributed by atoms with Gasteiger partial charge in [-0.15, -0.1) is 0 Å². The van der Waals surface area contributed by atoms with Gasteiger partial charge >= 0.3 is 0 Å². The zero-order chi connectivity index (χ0) is 29.1. The molecule has 208 valence electrons. The molecule has 1 aliphatic rings. The largest absolute Gasteiger partial charge is 0.388 e. The van der Waals surface area contributed by atoms with E-state index in [1.165, 1.54) is 11.1 Å². The zero-order valence-corrected chi connectivity index (χ0v) is 22.8. The third-order valence-corrected chi connectivity index (χ3v) is 6.44. The highest BCUT2D eigenvalue weighted by Crippen LogP contribution is 2.24. The molecule has 9 N–H and O–H groups in total. The quantitative estimate of drug-likeness (QED) is 0.151. The normalized spacial score (nSPS) is 12.2. The molecule has 0 aliphatic carbocycles. The molecule has 4 rings (SSSR count). The van der Waals surface area contributed by atoms with E-state index in [4.69, 9.17) is 22.6 Å². The van der Waals surface area contributed by atoms with Gasteiger partial charge in [-0.25, -0.2) is 4.99 Å². The summed E-state index contributed by atoms with van der Waals surface area (Å²) in [6, 6.07) is 20.3. The molecule has 1 aliphatic heterocycles. The van der Waals surface area contributed by atoms with E-state index in [9.17, 15) is 9.59 Å². The fraction of sp³-hybridized carbons (Fsp3) is 0.200.